The number of ether oxygens (including phenoxy) is 2. The topological polar surface area (TPSA) is 79.2 Å². The minimum atomic E-state index is -0.954. The van der Waals surface area contributed by atoms with Crippen LogP contribution in [-0.2, 0) is 14.3 Å². The van der Waals surface area contributed by atoms with Crippen molar-refractivity contribution in [1.82, 2.24) is 4.90 Å². The lowest BCUT2D eigenvalue weighted by Crippen LogP contribution is -2.50. The van der Waals surface area contributed by atoms with Gasteiger partial charge in [0.2, 0.25) is 17.7 Å². The molecule has 2 saturated heterocycles. The SMILES string of the molecule is O=CC1=C[C+]=C2CO[C@@]3(C[C@H](O)[C@H](CO)O3)CN21. The fraction of sp³-hybridized carbons (Fsp3) is 0.583. The van der Waals surface area contributed by atoms with Gasteiger partial charge in [-0.15, -0.1) is 0 Å². The molecule has 0 aliphatic carbocycles. The fourth-order valence-corrected chi connectivity index (χ4v) is 2.57. The zero-order valence-corrected chi connectivity index (χ0v) is 9.70. The van der Waals surface area contributed by atoms with Crippen LogP contribution in [0, 0.1) is 6.08 Å². The number of fused-ring (bicyclic) bond motifs is 1. The highest BCUT2D eigenvalue weighted by atomic mass is 16.7. The van der Waals surface area contributed by atoms with Crippen LogP contribution in [0.3, 0.4) is 0 Å². The first-order chi connectivity index (χ1) is 8.67. The summed E-state index contributed by atoms with van der Waals surface area (Å²) in [6.45, 7) is 0.351. The molecule has 3 atom stereocenters. The Hall–Kier alpha value is -1.30. The molecule has 0 aromatic carbocycles. The minimum absolute atomic E-state index is 0.253. The highest BCUT2D eigenvalue weighted by Gasteiger charge is 2.53. The first-order valence-corrected chi connectivity index (χ1v) is 5.83. The van der Waals surface area contributed by atoms with Gasteiger partial charge in [0.15, 0.2) is 11.9 Å². The molecule has 0 radical (unpaired) electrons. The Morgan fingerprint density at radius 3 is 3.17 bits per heavy atom. The first-order valence-electron chi connectivity index (χ1n) is 5.83. The molecule has 1 spiro atoms. The fourth-order valence-electron chi connectivity index (χ4n) is 2.57. The number of allylic oxidation sites excluding steroid dienone is 3. The molecule has 2 N–H and O–H groups in total. The van der Waals surface area contributed by atoms with Crippen LogP contribution in [0.4, 0.5) is 0 Å². The molecule has 0 unspecified atom stereocenters. The second-order valence-corrected chi connectivity index (χ2v) is 4.67. The van der Waals surface area contributed by atoms with E-state index in [0.717, 1.165) is 12.0 Å². The van der Waals surface area contributed by atoms with E-state index in [4.69, 9.17) is 14.6 Å². The van der Waals surface area contributed by atoms with Crippen molar-refractivity contribution in [2.75, 3.05) is 19.8 Å². The lowest BCUT2D eigenvalue weighted by atomic mass is 10.1. The van der Waals surface area contributed by atoms with Gasteiger partial charge in [0.25, 0.3) is 0 Å². The number of hydrogen-bond acceptors (Lipinski definition) is 6. The maximum absolute atomic E-state index is 10.9. The van der Waals surface area contributed by atoms with Crippen LogP contribution >= 0.6 is 0 Å². The van der Waals surface area contributed by atoms with Gasteiger partial charge in [0.1, 0.15) is 25.3 Å². The third kappa shape index (κ3) is 1.67. The van der Waals surface area contributed by atoms with Crippen molar-refractivity contribution in [2.24, 2.45) is 0 Å². The number of aldehydes is 1. The van der Waals surface area contributed by atoms with Crippen LogP contribution in [0.15, 0.2) is 17.5 Å². The van der Waals surface area contributed by atoms with Gasteiger partial charge in [-0.25, -0.2) is 4.90 Å². The van der Waals surface area contributed by atoms with Crippen molar-refractivity contribution in [3.05, 3.63) is 23.5 Å². The van der Waals surface area contributed by atoms with Crippen LogP contribution in [0.2, 0.25) is 0 Å². The van der Waals surface area contributed by atoms with Gasteiger partial charge >= 0.3 is 0 Å². The van der Waals surface area contributed by atoms with Gasteiger partial charge < -0.3 is 19.7 Å². The molecule has 0 aromatic heterocycles. The molecule has 0 bridgehead atoms. The number of morpholine rings is 1. The average molecular weight is 252 g/mol. The summed E-state index contributed by atoms with van der Waals surface area (Å²) in [6, 6.07) is 0. The van der Waals surface area contributed by atoms with E-state index in [1.54, 1.807) is 11.0 Å². The maximum Gasteiger partial charge on any atom is 0.249 e. The molecule has 6 nitrogen and oxygen atoms in total. The van der Waals surface area contributed by atoms with Gasteiger partial charge in [-0.2, -0.15) is 0 Å². The van der Waals surface area contributed by atoms with E-state index in [2.05, 4.69) is 6.08 Å². The molecule has 0 amide bonds. The molecule has 3 aliphatic rings. The van der Waals surface area contributed by atoms with Crippen molar-refractivity contribution in [1.29, 1.82) is 0 Å². The third-order valence-electron chi connectivity index (χ3n) is 3.51. The smallest absolute Gasteiger partial charge is 0.249 e. The second-order valence-electron chi connectivity index (χ2n) is 4.67. The number of aliphatic hydroxyl groups excluding tert-OH is 2. The van der Waals surface area contributed by atoms with Crippen molar-refractivity contribution >= 4 is 6.29 Å². The van der Waals surface area contributed by atoms with E-state index in [1.807, 2.05) is 0 Å². The third-order valence-corrected chi connectivity index (χ3v) is 3.51. The van der Waals surface area contributed by atoms with Gasteiger partial charge in [-0.1, -0.05) is 0 Å². The van der Waals surface area contributed by atoms with E-state index in [0.29, 0.717) is 12.2 Å². The standard InChI is InChI=1S/C12H14NO5/c14-4-8-1-2-9-6-17-12(7-13(8)9)3-10(16)11(5-15)18-12/h1,4,10-11,15-16H,3,5-7H2/q+1/t10-,11-,12+/m0/s1. The highest BCUT2D eigenvalue weighted by Crippen LogP contribution is 2.38. The Balaban J connectivity index is 1.79. The minimum Gasteiger partial charge on any atom is -0.394 e. The summed E-state index contributed by atoms with van der Waals surface area (Å²) in [5.74, 6) is -0.954. The van der Waals surface area contributed by atoms with Crippen LogP contribution in [-0.4, -0.2) is 59.2 Å². The maximum atomic E-state index is 10.9. The lowest BCUT2D eigenvalue weighted by Gasteiger charge is -2.36. The Labute approximate surface area is 104 Å². The van der Waals surface area contributed by atoms with Crippen molar-refractivity contribution in [2.45, 2.75) is 24.4 Å². The molecule has 0 aromatic rings. The molecule has 0 saturated carbocycles. The summed E-state index contributed by atoms with van der Waals surface area (Å²) >= 11 is 0. The Morgan fingerprint density at radius 2 is 2.50 bits per heavy atom. The van der Waals surface area contributed by atoms with E-state index in [9.17, 15) is 9.90 Å². The number of aliphatic hydroxyl groups is 2. The lowest BCUT2D eigenvalue weighted by molar-refractivity contribution is -0.246. The number of carbonyl (C=O) groups excluding carboxylic acids is 1. The molecule has 2 fully saturated rings. The predicted octanol–water partition coefficient (Wildman–Crippen LogP) is -1.06. The average Bonchev–Trinajstić information content (AvgIpc) is 2.90. The largest absolute Gasteiger partial charge is 0.394 e. The molecule has 6 heteroatoms. The van der Waals surface area contributed by atoms with Gasteiger partial charge in [-0.05, 0) is 0 Å². The number of nitrogens with zero attached hydrogens (tertiary/aromatic N) is 1. The van der Waals surface area contributed by atoms with Gasteiger partial charge in [0.05, 0.1) is 12.7 Å². The summed E-state index contributed by atoms with van der Waals surface area (Å²) in [4.78, 5) is 12.7. The molecular weight excluding hydrogens is 238 g/mol. The number of rotatable bonds is 2. The first kappa shape index (κ1) is 11.8. The van der Waals surface area contributed by atoms with Gasteiger partial charge in [-0.3, -0.25) is 4.79 Å². The van der Waals surface area contributed by atoms with E-state index in [1.165, 1.54) is 0 Å². The van der Waals surface area contributed by atoms with Gasteiger partial charge in [0, 0.05) is 6.42 Å². The Kier molecular flexibility index (Phi) is 2.69. The summed E-state index contributed by atoms with van der Waals surface area (Å²) in [6.07, 6.45) is 4.23. The van der Waals surface area contributed by atoms with Crippen LogP contribution in [0.25, 0.3) is 0 Å². The van der Waals surface area contributed by atoms with Crippen molar-refractivity contribution < 1.29 is 24.5 Å². The monoisotopic (exact) mass is 252 g/mol. The molecule has 18 heavy (non-hydrogen) atoms. The van der Waals surface area contributed by atoms with Crippen molar-refractivity contribution in [3.8, 4) is 0 Å². The molecule has 3 aliphatic heterocycles. The number of hydrogen-bond donors (Lipinski definition) is 2. The number of carbonyl (C=O) groups is 1. The molecular formula is C12H14NO5+. The zero-order chi connectivity index (χ0) is 12.8. The van der Waals surface area contributed by atoms with Crippen molar-refractivity contribution in [3.63, 3.8) is 0 Å². The summed E-state index contributed by atoms with van der Waals surface area (Å²) in [7, 11) is 0. The predicted molar refractivity (Wildman–Crippen MR) is 58.9 cm³/mol. The molecule has 3 rings (SSSR count). The van der Waals surface area contributed by atoms with Crippen LogP contribution < -0.4 is 0 Å². The quantitative estimate of drug-likeness (QED) is 0.482. The second kappa shape index (κ2) is 4.12. The normalized spacial score (nSPS) is 38.2. The van der Waals surface area contributed by atoms with Crippen LogP contribution in [0.1, 0.15) is 6.42 Å². The Morgan fingerprint density at radius 1 is 1.67 bits per heavy atom. The van der Waals surface area contributed by atoms with E-state index in [-0.39, 0.29) is 19.6 Å². The summed E-state index contributed by atoms with van der Waals surface area (Å²) in [5.41, 5.74) is 1.30. The summed E-state index contributed by atoms with van der Waals surface area (Å²) in [5, 5.41) is 18.9. The molecule has 96 valence electrons. The van der Waals surface area contributed by atoms with Crippen LogP contribution in [0.5, 0.6) is 0 Å². The van der Waals surface area contributed by atoms with E-state index < -0.39 is 18.0 Å². The Bertz CT molecular complexity index is 432. The highest BCUT2D eigenvalue weighted by molar-refractivity contribution is 5.74. The summed E-state index contributed by atoms with van der Waals surface area (Å²) < 4.78 is 11.3. The van der Waals surface area contributed by atoms with E-state index >= 15 is 0 Å². The zero-order valence-electron chi connectivity index (χ0n) is 9.70. The molecule has 3 heterocycles.